The lowest BCUT2D eigenvalue weighted by Gasteiger charge is -2.21. The fourth-order valence-electron chi connectivity index (χ4n) is 4.07. The third-order valence-corrected chi connectivity index (χ3v) is 6.33. The lowest BCUT2D eigenvalue weighted by atomic mass is 10.0. The Morgan fingerprint density at radius 1 is 0.979 bits per heavy atom. The minimum Gasteiger partial charge on any atom is -0.377 e. The Morgan fingerprint density at radius 3 is 2.15 bits per heavy atom. The van der Waals surface area contributed by atoms with E-state index in [0.29, 0.717) is 49.0 Å². The van der Waals surface area contributed by atoms with Crippen LogP contribution in [0.25, 0.3) is 0 Å². The van der Waals surface area contributed by atoms with E-state index in [0.717, 1.165) is 56.3 Å². The van der Waals surface area contributed by atoms with Crippen molar-refractivity contribution in [3.63, 3.8) is 0 Å². The number of aldehydes is 1. The highest BCUT2D eigenvalue weighted by Crippen LogP contribution is 2.27. The number of likely N-dealkylation sites (N-methyl/N-ethyl adjacent to an activating group) is 1. The fourth-order valence-corrected chi connectivity index (χ4v) is 4.07. The first-order chi connectivity index (χ1) is 22.4. The van der Waals surface area contributed by atoms with Gasteiger partial charge in [-0.2, -0.15) is 4.98 Å². The summed E-state index contributed by atoms with van der Waals surface area (Å²) in [6.07, 6.45) is 6.48. The summed E-state index contributed by atoms with van der Waals surface area (Å²) in [4.78, 5) is 37.7. The Balaban J connectivity index is 0.000000528. The quantitative estimate of drug-likeness (QED) is 0.159. The number of benzene rings is 2. The number of hydrogen-bond acceptors (Lipinski definition) is 8. The third kappa shape index (κ3) is 18.8. The molecule has 1 amide bonds. The van der Waals surface area contributed by atoms with Crippen molar-refractivity contribution >= 4 is 29.6 Å². The highest BCUT2D eigenvalue weighted by Gasteiger charge is 2.28. The van der Waals surface area contributed by atoms with Gasteiger partial charge < -0.3 is 29.5 Å². The molecule has 0 unspecified atom stereocenters. The Bertz CT molecular complexity index is 1230. The molecule has 2 aromatic carbocycles. The van der Waals surface area contributed by atoms with Gasteiger partial charge in [0.25, 0.3) is 5.91 Å². The molecule has 0 fully saturated rings. The van der Waals surface area contributed by atoms with Crippen LogP contribution in [0.4, 0.5) is 17.5 Å². The first kappa shape index (κ1) is 41.2. The van der Waals surface area contributed by atoms with Gasteiger partial charge in [-0.3, -0.25) is 4.79 Å². The summed E-state index contributed by atoms with van der Waals surface area (Å²) in [6.45, 7) is 17.1. The van der Waals surface area contributed by atoms with E-state index in [9.17, 15) is 9.59 Å². The van der Waals surface area contributed by atoms with Gasteiger partial charge in [0.15, 0.2) is 0 Å². The summed E-state index contributed by atoms with van der Waals surface area (Å²) in [5.74, 6) is 1.12. The van der Waals surface area contributed by atoms with E-state index in [1.807, 2.05) is 79.5 Å². The number of rotatable bonds is 12. The minimum absolute atomic E-state index is 0.0820. The van der Waals surface area contributed by atoms with Crippen molar-refractivity contribution < 1.29 is 14.3 Å². The molecule has 0 bridgehead atoms. The van der Waals surface area contributed by atoms with Crippen molar-refractivity contribution in [2.24, 2.45) is 5.41 Å². The zero-order valence-corrected chi connectivity index (χ0v) is 30.5. The number of anilines is 3. The Kier molecular flexibility index (Phi) is 20.6. The van der Waals surface area contributed by atoms with Crippen molar-refractivity contribution in [3.8, 4) is 0 Å². The number of aromatic nitrogens is 2. The zero-order valence-electron chi connectivity index (χ0n) is 30.5. The molecule has 260 valence electrons. The fraction of sp³-hybridized carbons (Fsp3) is 0.526. The molecule has 9 heteroatoms. The summed E-state index contributed by atoms with van der Waals surface area (Å²) in [6, 6.07) is 20.0. The van der Waals surface area contributed by atoms with Gasteiger partial charge in [0, 0.05) is 51.6 Å². The van der Waals surface area contributed by atoms with Crippen LogP contribution in [0.1, 0.15) is 83.1 Å². The minimum atomic E-state index is -0.0820. The molecule has 0 saturated heterocycles. The predicted octanol–water partition coefficient (Wildman–Crippen LogP) is 7.59. The maximum atomic E-state index is 13.3. The van der Waals surface area contributed by atoms with E-state index in [4.69, 9.17) is 4.74 Å². The molecule has 47 heavy (non-hydrogen) atoms. The number of amides is 1. The van der Waals surface area contributed by atoms with Crippen LogP contribution in [0.2, 0.25) is 0 Å². The van der Waals surface area contributed by atoms with Crippen molar-refractivity contribution in [2.75, 3.05) is 69.0 Å². The highest BCUT2D eigenvalue weighted by molar-refractivity contribution is 6.09. The van der Waals surface area contributed by atoms with E-state index in [1.165, 1.54) is 0 Å². The average molecular weight is 649 g/mol. The number of nitrogens with one attached hydrogen (secondary N) is 1. The van der Waals surface area contributed by atoms with Crippen LogP contribution in [0, 0.1) is 5.41 Å². The SMILES string of the molecule is CC(C)(C)C.CCCCC=O.CCNc1ncc2c(n1)N(C)CCN(c1cccc(COCCCN(C)C)c1)C2=O.c1ccccc1. The van der Waals surface area contributed by atoms with Gasteiger partial charge in [0.1, 0.15) is 17.7 Å². The topological polar surface area (TPSA) is 90.9 Å². The number of carbonyl (C=O) groups excluding carboxylic acids is 2. The first-order valence-corrected chi connectivity index (χ1v) is 16.8. The van der Waals surface area contributed by atoms with Gasteiger partial charge in [-0.15, -0.1) is 0 Å². The van der Waals surface area contributed by atoms with E-state index in [-0.39, 0.29) is 5.91 Å². The van der Waals surface area contributed by atoms with Crippen LogP contribution in [0.5, 0.6) is 0 Å². The molecule has 0 aliphatic carbocycles. The molecule has 9 nitrogen and oxygen atoms in total. The number of ether oxygens (including phenoxy) is 1. The second-order valence-electron chi connectivity index (χ2n) is 13.2. The summed E-state index contributed by atoms with van der Waals surface area (Å²) < 4.78 is 5.81. The summed E-state index contributed by atoms with van der Waals surface area (Å²) in [7, 11) is 6.07. The van der Waals surface area contributed by atoms with Gasteiger partial charge in [0.2, 0.25) is 5.95 Å². The maximum absolute atomic E-state index is 13.3. The zero-order chi connectivity index (χ0) is 35.1. The molecular weight excluding hydrogens is 588 g/mol. The maximum Gasteiger partial charge on any atom is 0.263 e. The molecule has 1 aliphatic heterocycles. The molecule has 0 saturated carbocycles. The van der Waals surface area contributed by atoms with E-state index < -0.39 is 0 Å². The van der Waals surface area contributed by atoms with Crippen LogP contribution < -0.4 is 15.1 Å². The molecule has 0 atom stereocenters. The van der Waals surface area contributed by atoms with E-state index >= 15 is 0 Å². The molecular formula is C38H60N6O3. The monoisotopic (exact) mass is 648 g/mol. The summed E-state index contributed by atoms with van der Waals surface area (Å²) in [5, 5.41) is 3.11. The number of unbranched alkanes of at least 4 members (excludes halogenated alkanes) is 2. The molecule has 0 radical (unpaired) electrons. The van der Waals surface area contributed by atoms with Gasteiger partial charge in [0.05, 0.1) is 6.61 Å². The Labute approximate surface area is 284 Å². The van der Waals surface area contributed by atoms with Crippen LogP contribution in [-0.2, 0) is 16.1 Å². The van der Waals surface area contributed by atoms with Crippen LogP contribution >= 0.6 is 0 Å². The van der Waals surface area contributed by atoms with Crippen LogP contribution in [0.15, 0.2) is 66.9 Å². The number of carbonyl (C=O) groups is 2. The second-order valence-corrected chi connectivity index (χ2v) is 13.2. The van der Waals surface area contributed by atoms with Crippen molar-refractivity contribution in [2.45, 2.75) is 73.8 Å². The molecule has 1 N–H and O–H groups in total. The van der Waals surface area contributed by atoms with E-state index in [1.54, 1.807) is 11.1 Å². The van der Waals surface area contributed by atoms with Crippen molar-refractivity contribution in [3.05, 3.63) is 78.0 Å². The average Bonchev–Trinajstić information content (AvgIpc) is 3.16. The Hall–Kier alpha value is -3.82. The van der Waals surface area contributed by atoms with Gasteiger partial charge in [-0.05, 0) is 63.5 Å². The molecule has 1 aromatic heterocycles. The molecule has 2 heterocycles. The summed E-state index contributed by atoms with van der Waals surface area (Å²) >= 11 is 0. The lowest BCUT2D eigenvalue weighted by Crippen LogP contribution is -2.33. The largest absolute Gasteiger partial charge is 0.377 e. The highest BCUT2D eigenvalue weighted by atomic mass is 16.5. The van der Waals surface area contributed by atoms with Crippen molar-refractivity contribution in [1.82, 2.24) is 14.9 Å². The molecule has 1 aliphatic rings. The van der Waals surface area contributed by atoms with Crippen LogP contribution in [-0.4, -0.2) is 81.0 Å². The number of hydrogen-bond donors (Lipinski definition) is 1. The molecule has 0 spiro atoms. The summed E-state index contributed by atoms with van der Waals surface area (Å²) in [5.41, 5.74) is 2.94. The Morgan fingerprint density at radius 2 is 1.62 bits per heavy atom. The molecule has 4 rings (SSSR count). The first-order valence-electron chi connectivity index (χ1n) is 16.8. The molecule has 3 aromatic rings. The third-order valence-electron chi connectivity index (χ3n) is 6.33. The van der Waals surface area contributed by atoms with Crippen molar-refractivity contribution in [1.29, 1.82) is 0 Å². The number of nitrogens with zero attached hydrogens (tertiary/aromatic N) is 5. The van der Waals surface area contributed by atoms with Gasteiger partial charge in [-0.25, -0.2) is 4.98 Å². The van der Waals surface area contributed by atoms with Gasteiger partial charge >= 0.3 is 0 Å². The van der Waals surface area contributed by atoms with E-state index in [2.05, 4.69) is 68.9 Å². The van der Waals surface area contributed by atoms with Crippen LogP contribution in [0.3, 0.4) is 0 Å². The standard InChI is InChI=1S/C22H32N6O2.C6H6.C5H10O.C5H12/c1-5-23-22-24-15-19-20(25-22)27(4)11-12-28(21(19)29)18-9-6-8-17(14-18)16-30-13-7-10-26(2)3;1-2-4-6-5-3-1;1-2-3-4-5-6;1-5(2,3)4/h6,8-9,14-15H,5,7,10-13,16H2,1-4H3,(H,23,24,25);1-6H;5H,2-4H2,1H3;1-4H3. The smallest absolute Gasteiger partial charge is 0.263 e. The lowest BCUT2D eigenvalue weighted by molar-refractivity contribution is -0.107. The predicted molar refractivity (Wildman–Crippen MR) is 198 cm³/mol. The normalized spacial score (nSPS) is 12.3. The van der Waals surface area contributed by atoms with Gasteiger partial charge in [-0.1, -0.05) is 89.6 Å². The second kappa shape index (κ2) is 23.5. The number of fused-ring (bicyclic) bond motifs is 1.